The predicted molar refractivity (Wildman–Crippen MR) is 99.8 cm³/mol. The molecule has 2 N–H and O–H groups in total. The van der Waals surface area contributed by atoms with Crippen LogP contribution in [0.1, 0.15) is 16.8 Å². The lowest BCUT2D eigenvalue weighted by Crippen LogP contribution is -2.48. The fourth-order valence-corrected chi connectivity index (χ4v) is 3.20. The SMILES string of the molecule is O=C(NN[C@@H]1CC(=O)N(c2ccc(Br)cc2)C1=O)c1ccccc1Br. The summed E-state index contributed by atoms with van der Waals surface area (Å²) in [5, 5.41) is 0. The maximum atomic E-state index is 12.5. The van der Waals surface area contributed by atoms with E-state index in [1.807, 2.05) is 0 Å². The van der Waals surface area contributed by atoms with Gasteiger partial charge in [0.2, 0.25) is 5.91 Å². The van der Waals surface area contributed by atoms with Crippen LogP contribution in [-0.4, -0.2) is 23.8 Å². The normalized spacial score (nSPS) is 17.0. The minimum absolute atomic E-state index is 0.0227. The van der Waals surface area contributed by atoms with Gasteiger partial charge in [-0.2, -0.15) is 0 Å². The van der Waals surface area contributed by atoms with Crippen molar-refractivity contribution < 1.29 is 14.4 Å². The highest BCUT2D eigenvalue weighted by molar-refractivity contribution is 9.10. The summed E-state index contributed by atoms with van der Waals surface area (Å²) in [6.07, 6.45) is -0.0227. The molecule has 0 aliphatic carbocycles. The third-order valence-corrected chi connectivity index (χ3v) is 4.93. The summed E-state index contributed by atoms with van der Waals surface area (Å²) in [5.41, 5.74) is 6.07. The largest absolute Gasteiger partial charge is 0.287 e. The van der Waals surface area contributed by atoms with Crippen LogP contribution >= 0.6 is 31.9 Å². The quantitative estimate of drug-likeness (QED) is 0.536. The summed E-state index contributed by atoms with van der Waals surface area (Å²) in [5.74, 6) is -1.12. The van der Waals surface area contributed by atoms with Crippen LogP contribution in [0.4, 0.5) is 5.69 Å². The summed E-state index contributed by atoms with van der Waals surface area (Å²) >= 11 is 6.61. The molecule has 0 saturated carbocycles. The molecule has 0 bridgehead atoms. The molecule has 1 atom stereocenters. The zero-order chi connectivity index (χ0) is 18.0. The summed E-state index contributed by atoms with van der Waals surface area (Å²) in [6, 6.07) is 13.0. The Labute approximate surface area is 160 Å². The number of nitrogens with zero attached hydrogens (tertiary/aromatic N) is 1. The summed E-state index contributed by atoms with van der Waals surface area (Å²) in [4.78, 5) is 38.0. The molecule has 0 aromatic heterocycles. The van der Waals surface area contributed by atoms with E-state index in [0.29, 0.717) is 15.7 Å². The van der Waals surface area contributed by atoms with Crippen LogP contribution in [0, 0.1) is 0 Å². The van der Waals surface area contributed by atoms with Gasteiger partial charge in [0.05, 0.1) is 17.7 Å². The predicted octanol–water partition coefficient (Wildman–Crippen LogP) is 2.78. The molecule has 8 heteroatoms. The molecule has 3 rings (SSSR count). The number of halogens is 2. The Bertz CT molecular complexity index is 839. The van der Waals surface area contributed by atoms with E-state index in [0.717, 1.165) is 9.37 Å². The minimum atomic E-state index is -0.803. The van der Waals surface area contributed by atoms with Crippen molar-refractivity contribution >= 4 is 55.3 Å². The number of benzene rings is 2. The minimum Gasteiger partial charge on any atom is -0.287 e. The Hall–Kier alpha value is -2.03. The van der Waals surface area contributed by atoms with Gasteiger partial charge in [-0.15, -0.1) is 0 Å². The Morgan fingerprint density at radius 3 is 2.40 bits per heavy atom. The second-order valence-corrected chi connectivity index (χ2v) is 7.15. The van der Waals surface area contributed by atoms with Crippen LogP contribution in [0.15, 0.2) is 57.5 Å². The number of hydrogen-bond donors (Lipinski definition) is 2. The maximum Gasteiger partial charge on any atom is 0.266 e. The van der Waals surface area contributed by atoms with Crippen molar-refractivity contribution in [3.8, 4) is 0 Å². The fourth-order valence-electron chi connectivity index (χ4n) is 2.47. The highest BCUT2D eigenvalue weighted by Gasteiger charge is 2.39. The Kier molecular flexibility index (Phi) is 5.31. The third kappa shape index (κ3) is 3.81. The Morgan fingerprint density at radius 1 is 1.04 bits per heavy atom. The van der Waals surface area contributed by atoms with Crippen LogP contribution in [0.3, 0.4) is 0 Å². The lowest BCUT2D eigenvalue weighted by molar-refractivity contribution is -0.121. The van der Waals surface area contributed by atoms with E-state index in [-0.39, 0.29) is 12.3 Å². The molecule has 3 amide bonds. The monoisotopic (exact) mass is 465 g/mol. The van der Waals surface area contributed by atoms with E-state index in [2.05, 4.69) is 42.7 Å². The molecule has 0 unspecified atom stereocenters. The van der Waals surface area contributed by atoms with Crippen LogP contribution in [-0.2, 0) is 9.59 Å². The van der Waals surface area contributed by atoms with Crippen molar-refractivity contribution in [3.63, 3.8) is 0 Å². The zero-order valence-corrected chi connectivity index (χ0v) is 16.0. The first kappa shape index (κ1) is 17.8. The average Bonchev–Trinajstić information content (AvgIpc) is 2.88. The first-order chi connectivity index (χ1) is 12.0. The molecule has 25 heavy (non-hydrogen) atoms. The van der Waals surface area contributed by atoms with Crippen molar-refractivity contribution in [2.75, 3.05) is 4.90 Å². The number of amides is 3. The van der Waals surface area contributed by atoms with Crippen LogP contribution in [0.5, 0.6) is 0 Å². The van der Waals surface area contributed by atoms with Crippen molar-refractivity contribution in [2.24, 2.45) is 0 Å². The van der Waals surface area contributed by atoms with Crippen molar-refractivity contribution in [1.82, 2.24) is 10.9 Å². The van der Waals surface area contributed by atoms with Crippen LogP contribution < -0.4 is 15.8 Å². The Morgan fingerprint density at radius 2 is 1.72 bits per heavy atom. The molecule has 0 radical (unpaired) electrons. The van der Waals surface area contributed by atoms with Gasteiger partial charge in [-0.3, -0.25) is 19.8 Å². The molecule has 1 fully saturated rings. The van der Waals surface area contributed by atoms with Gasteiger partial charge in [0.1, 0.15) is 6.04 Å². The highest BCUT2D eigenvalue weighted by Crippen LogP contribution is 2.24. The molecule has 1 aliphatic rings. The topological polar surface area (TPSA) is 78.5 Å². The number of hydrogen-bond acceptors (Lipinski definition) is 4. The van der Waals surface area contributed by atoms with E-state index >= 15 is 0 Å². The first-order valence-corrected chi connectivity index (χ1v) is 8.99. The Balaban J connectivity index is 1.67. The smallest absolute Gasteiger partial charge is 0.266 e. The molecular weight excluding hydrogens is 454 g/mol. The van der Waals surface area contributed by atoms with Crippen LogP contribution in [0.25, 0.3) is 0 Å². The number of nitrogens with one attached hydrogen (secondary N) is 2. The molecule has 0 spiro atoms. The third-order valence-electron chi connectivity index (χ3n) is 3.71. The number of anilines is 1. The second-order valence-electron chi connectivity index (χ2n) is 5.38. The molecule has 1 saturated heterocycles. The number of hydrazine groups is 1. The lowest BCUT2D eigenvalue weighted by Gasteiger charge is -2.16. The van der Waals surface area contributed by atoms with Crippen molar-refractivity contribution in [1.29, 1.82) is 0 Å². The number of carbonyl (C=O) groups excluding carboxylic acids is 3. The van der Waals surface area contributed by atoms with Gasteiger partial charge in [0.25, 0.3) is 11.8 Å². The molecule has 6 nitrogen and oxygen atoms in total. The first-order valence-electron chi connectivity index (χ1n) is 7.40. The summed E-state index contributed by atoms with van der Waals surface area (Å²) < 4.78 is 1.49. The van der Waals surface area contributed by atoms with Gasteiger partial charge in [-0.25, -0.2) is 10.3 Å². The summed E-state index contributed by atoms with van der Waals surface area (Å²) in [6.45, 7) is 0. The van der Waals surface area contributed by atoms with E-state index in [1.54, 1.807) is 48.5 Å². The standard InChI is InChI=1S/C17H13Br2N3O3/c18-10-5-7-11(8-6-10)22-15(23)9-14(17(22)25)20-21-16(24)12-3-1-2-4-13(12)19/h1-8,14,20H,9H2,(H,21,24)/t14-/m1/s1. The second kappa shape index (κ2) is 7.47. The number of imide groups is 1. The molecule has 1 heterocycles. The van der Waals surface area contributed by atoms with E-state index in [1.165, 1.54) is 0 Å². The number of rotatable bonds is 4. The van der Waals surface area contributed by atoms with Gasteiger partial charge < -0.3 is 0 Å². The van der Waals surface area contributed by atoms with Crippen LogP contribution in [0.2, 0.25) is 0 Å². The van der Waals surface area contributed by atoms with Crippen molar-refractivity contribution in [2.45, 2.75) is 12.5 Å². The molecule has 2 aromatic rings. The fraction of sp³-hybridized carbons (Fsp3) is 0.118. The van der Waals surface area contributed by atoms with E-state index in [4.69, 9.17) is 0 Å². The van der Waals surface area contributed by atoms with Gasteiger partial charge >= 0.3 is 0 Å². The molecule has 128 valence electrons. The van der Waals surface area contributed by atoms with Crippen molar-refractivity contribution in [3.05, 3.63) is 63.0 Å². The van der Waals surface area contributed by atoms with Gasteiger partial charge in [-0.05, 0) is 52.3 Å². The lowest BCUT2D eigenvalue weighted by atomic mass is 10.2. The molecular formula is C17H13Br2N3O3. The van der Waals surface area contributed by atoms with Gasteiger partial charge in [0.15, 0.2) is 0 Å². The summed E-state index contributed by atoms with van der Waals surface area (Å²) in [7, 11) is 0. The molecule has 1 aliphatic heterocycles. The van der Waals surface area contributed by atoms with Gasteiger partial charge in [0, 0.05) is 8.95 Å². The average molecular weight is 467 g/mol. The highest BCUT2D eigenvalue weighted by atomic mass is 79.9. The van der Waals surface area contributed by atoms with E-state index < -0.39 is 17.9 Å². The maximum absolute atomic E-state index is 12.5. The number of carbonyl (C=O) groups is 3. The molecule has 2 aromatic carbocycles. The zero-order valence-electron chi connectivity index (χ0n) is 12.8. The van der Waals surface area contributed by atoms with E-state index in [9.17, 15) is 14.4 Å². The van der Waals surface area contributed by atoms with Gasteiger partial charge in [-0.1, -0.05) is 28.1 Å².